The summed E-state index contributed by atoms with van der Waals surface area (Å²) in [6.07, 6.45) is 0. The molecule has 3 rings (SSSR count). The Kier molecular flexibility index (Phi) is 3.03. The molecule has 0 saturated heterocycles. The molecular formula is C16H18N2O. The number of likely N-dealkylation sites (N-methyl/N-ethyl adjacent to an activating group) is 1. The smallest absolute Gasteiger partial charge is 0.166 e. The topological polar surface area (TPSA) is 24.5 Å². The summed E-state index contributed by atoms with van der Waals surface area (Å²) in [6, 6.07) is 14.6. The fraction of sp³-hybridized carbons (Fsp3) is 0.250. The van der Waals surface area contributed by atoms with E-state index in [-0.39, 0.29) is 0 Å². The van der Waals surface area contributed by atoms with Gasteiger partial charge in [0.2, 0.25) is 0 Å². The third-order valence-electron chi connectivity index (χ3n) is 3.41. The van der Waals surface area contributed by atoms with E-state index in [0.29, 0.717) is 0 Å². The fourth-order valence-electron chi connectivity index (χ4n) is 2.27. The first-order valence-electron chi connectivity index (χ1n) is 6.55. The minimum absolute atomic E-state index is 0.732. The van der Waals surface area contributed by atoms with Crippen LogP contribution in [-0.4, -0.2) is 20.2 Å². The number of rotatable bonds is 2. The van der Waals surface area contributed by atoms with Gasteiger partial charge in [0.05, 0.1) is 17.9 Å². The molecule has 0 fully saturated rings. The van der Waals surface area contributed by atoms with E-state index in [1.165, 1.54) is 5.56 Å². The Bertz CT molecular complexity index is 578. The molecule has 19 heavy (non-hydrogen) atoms. The summed E-state index contributed by atoms with van der Waals surface area (Å²) in [7, 11) is 2.09. The number of aryl methyl sites for hydroxylation is 1. The highest BCUT2D eigenvalue weighted by atomic mass is 16.5. The summed E-state index contributed by atoms with van der Waals surface area (Å²) < 4.78 is 5.82. The number of fused-ring (bicyclic) bond motifs is 1. The molecule has 0 spiro atoms. The highest BCUT2D eigenvalue weighted by molar-refractivity contribution is 5.76. The van der Waals surface area contributed by atoms with Gasteiger partial charge in [-0.25, -0.2) is 0 Å². The summed E-state index contributed by atoms with van der Waals surface area (Å²) in [5, 5.41) is 3.43. The van der Waals surface area contributed by atoms with Crippen LogP contribution in [0.2, 0.25) is 0 Å². The van der Waals surface area contributed by atoms with Crippen molar-refractivity contribution < 1.29 is 4.74 Å². The van der Waals surface area contributed by atoms with Gasteiger partial charge in [0.15, 0.2) is 5.75 Å². The maximum Gasteiger partial charge on any atom is 0.166 e. The van der Waals surface area contributed by atoms with Gasteiger partial charge in [0.25, 0.3) is 0 Å². The lowest BCUT2D eigenvalue weighted by Gasteiger charge is -2.29. The van der Waals surface area contributed by atoms with Crippen LogP contribution < -0.4 is 15.0 Å². The van der Waals surface area contributed by atoms with Crippen LogP contribution in [0.4, 0.5) is 17.1 Å². The van der Waals surface area contributed by atoms with Gasteiger partial charge >= 0.3 is 0 Å². The lowest BCUT2D eigenvalue weighted by Crippen LogP contribution is -2.29. The summed E-state index contributed by atoms with van der Waals surface area (Å²) in [6.45, 7) is 3.75. The van der Waals surface area contributed by atoms with Crippen molar-refractivity contribution in [3.05, 3.63) is 48.0 Å². The number of ether oxygens (including phenoxy) is 1. The molecule has 1 heterocycles. The number of para-hydroxylation sites is 1. The molecular weight excluding hydrogens is 236 g/mol. The van der Waals surface area contributed by atoms with E-state index in [9.17, 15) is 0 Å². The maximum atomic E-state index is 5.82. The summed E-state index contributed by atoms with van der Waals surface area (Å²) in [5.41, 5.74) is 4.50. The van der Waals surface area contributed by atoms with E-state index in [1.807, 2.05) is 0 Å². The average molecular weight is 254 g/mol. The minimum atomic E-state index is 0.732. The molecule has 1 aliphatic heterocycles. The molecule has 98 valence electrons. The molecule has 1 aliphatic rings. The Labute approximate surface area is 113 Å². The molecule has 0 saturated carbocycles. The minimum Gasteiger partial charge on any atom is -0.487 e. The van der Waals surface area contributed by atoms with E-state index in [2.05, 4.69) is 66.7 Å². The third kappa shape index (κ3) is 2.36. The van der Waals surface area contributed by atoms with Crippen LogP contribution in [-0.2, 0) is 0 Å². The molecule has 3 heteroatoms. The van der Waals surface area contributed by atoms with Crippen molar-refractivity contribution in [3.63, 3.8) is 0 Å². The molecule has 2 aromatic rings. The standard InChI is InChI=1S/C16H18N2O/c1-12-6-8-13(9-7-12)17-14-4-3-5-15-16(14)19-11-10-18(15)2/h3-9,17H,10-11H2,1-2H3. The molecule has 0 bridgehead atoms. The molecule has 0 atom stereocenters. The zero-order valence-corrected chi connectivity index (χ0v) is 11.3. The second kappa shape index (κ2) is 4.84. The highest BCUT2D eigenvalue weighted by Crippen LogP contribution is 2.38. The van der Waals surface area contributed by atoms with Crippen molar-refractivity contribution in [1.82, 2.24) is 0 Å². The van der Waals surface area contributed by atoms with E-state index in [1.54, 1.807) is 0 Å². The van der Waals surface area contributed by atoms with Gasteiger partial charge in [-0.1, -0.05) is 23.8 Å². The Hall–Kier alpha value is -2.16. The monoisotopic (exact) mass is 254 g/mol. The zero-order chi connectivity index (χ0) is 13.2. The van der Waals surface area contributed by atoms with Crippen molar-refractivity contribution in [3.8, 4) is 5.75 Å². The molecule has 0 aliphatic carbocycles. The maximum absolute atomic E-state index is 5.82. The van der Waals surface area contributed by atoms with Gasteiger partial charge in [0, 0.05) is 12.7 Å². The highest BCUT2D eigenvalue weighted by Gasteiger charge is 2.17. The lowest BCUT2D eigenvalue weighted by atomic mass is 10.2. The number of nitrogens with one attached hydrogen (secondary N) is 1. The van der Waals surface area contributed by atoms with Gasteiger partial charge in [-0.05, 0) is 31.2 Å². The van der Waals surface area contributed by atoms with Gasteiger partial charge in [-0.2, -0.15) is 0 Å². The average Bonchev–Trinajstić information content (AvgIpc) is 2.43. The van der Waals surface area contributed by atoms with Gasteiger partial charge in [0.1, 0.15) is 6.61 Å². The summed E-state index contributed by atoms with van der Waals surface area (Å²) >= 11 is 0. The molecule has 0 aromatic heterocycles. The lowest BCUT2D eigenvalue weighted by molar-refractivity contribution is 0.313. The molecule has 0 unspecified atom stereocenters. The number of benzene rings is 2. The first-order valence-corrected chi connectivity index (χ1v) is 6.55. The van der Waals surface area contributed by atoms with Crippen LogP contribution in [0.25, 0.3) is 0 Å². The predicted molar refractivity (Wildman–Crippen MR) is 79.7 cm³/mol. The van der Waals surface area contributed by atoms with E-state index >= 15 is 0 Å². The Morgan fingerprint density at radius 1 is 1.11 bits per heavy atom. The Balaban J connectivity index is 1.93. The van der Waals surface area contributed by atoms with Crippen LogP contribution in [0.5, 0.6) is 5.75 Å². The zero-order valence-electron chi connectivity index (χ0n) is 11.3. The van der Waals surface area contributed by atoms with Gasteiger partial charge in [-0.15, -0.1) is 0 Å². The quantitative estimate of drug-likeness (QED) is 0.886. The molecule has 1 N–H and O–H groups in total. The SMILES string of the molecule is Cc1ccc(Nc2cccc3c2OCCN3C)cc1. The summed E-state index contributed by atoms with van der Waals surface area (Å²) in [5.74, 6) is 0.942. The van der Waals surface area contributed by atoms with Crippen molar-refractivity contribution in [2.45, 2.75) is 6.92 Å². The first-order chi connectivity index (χ1) is 9.24. The van der Waals surface area contributed by atoms with Crippen molar-refractivity contribution in [2.24, 2.45) is 0 Å². The van der Waals surface area contributed by atoms with E-state index in [4.69, 9.17) is 4.74 Å². The number of hydrogen-bond donors (Lipinski definition) is 1. The fourth-order valence-corrected chi connectivity index (χ4v) is 2.27. The van der Waals surface area contributed by atoms with Crippen molar-refractivity contribution in [2.75, 3.05) is 30.4 Å². The van der Waals surface area contributed by atoms with E-state index in [0.717, 1.165) is 36.0 Å². The van der Waals surface area contributed by atoms with Crippen LogP contribution in [0.15, 0.2) is 42.5 Å². The Morgan fingerprint density at radius 2 is 1.89 bits per heavy atom. The molecule has 0 amide bonds. The van der Waals surface area contributed by atoms with Crippen molar-refractivity contribution in [1.29, 1.82) is 0 Å². The summed E-state index contributed by atoms with van der Waals surface area (Å²) in [4.78, 5) is 2.22. The number of nitrogens with zero attached hydrogens (tertiary/aromatic N) is 1. The first kappa shape index (κ1) is 11.9. The van der Waals surface area contributed by atoms with Crippen LogP contribution >= 0.6 is 0 Å². The molecule has 0 radical (unpaired) electrons. The van der Waals surface area contributed by atoms with Crippen LogP contribution in [0.3, 0.4) is 0 Å². The second-order valence-corrected chi connectivity index (χ2v) is 4.91. The van der Waals surface area contributed by atoms with Crippen LogP contribution in [0.1, 0.15) is 5.56 Å². The number of hydrogen-bond acceptors (Lipinski definition) is 3. The van der Waals surface area contributed by atoms with Gasteiger partial charge in [-0.3, -0.25) is 0 Å². The van der Waals surface area contributed by atoms with Crippen LogP contribution in [0, 0.1) is 6.92 Å². The van der Waals surface area contributed by atoms with E-state index < -0.39 is 0 Å². The second-order valence-electron chi connectivity index (χ2n) is 4.91. The molecule has 3 nitrogen and oxygen atoms in total. The largest absolute Gasteiger partial charge is 0.487 e. The normalized spacial score (nSPS) is 13.7. The number of anilines is 3. The van der Waals surface area contributed by atoms with Gasteiger partial charge < -0.3 is 15.0 Å². The third-order valence-corrected chi connectivity index (χ3v) is 3.41. The van der Waals surface area contributed by atoms with Crippen molar-refractivity contribution >= 4 is 17.1 Å². The predicted octanol–water partition coefficient (Wildman–Crippen LogP) is 3.57. The molecule has 2 aromatic carbocycles. The Morgan fingerprint density at radius 3 is 2.68 bits per heavy atom.